The smallest absolute Gasteiger partial charge is 0.112 e. The van der Waals surface area contributed by atoms with Crippen LogP contribution >= 0.6 is 0 Å². The predicted molar refractivity (Wildman–Crippen MR) is 61.8 cm³/mol. The molecule has 0 aliphatic carbocycles. The van der Waals surface area contributed by atoms with Gasteiger partial charge in [-0.3, -0.25) is 5.10 Å². The van der Waals surface area contributed by atoms with Gasteiger partial charge in [0.1, 0.15) is 5.52 Å². The number of aromatic amines is 1. The number of hydrogen-bond donors (Lipinski definition) is 1. The average Bonchev–Trinajstić information content (AvgIpc) is 2.63. The van der Waals surface area contributed by atoms with E-state index in [1.54, 1.807) is 0 Å². The summed E-state index contributed by atoms with van der Waals surface area (Å²) in [7, 11) is 0. The van der Waals surface area contributed by atoms with E-state index in [1.807, 2.05) is 6.07 Å². The van der Waals surface area contributed by atoms with Crippen LogP contribution in [0.1, 0.15) is 39.2 Å². The van der Waals surface area contributed by atoms with Gasteiger partial charge in [-0.05, 0) is 29.5 Å². The van der Waals surface area contributed by atoms with Crippen molar-refractivity contribution in [1.29, 1.82) is 0 Å². The summed E-state index contributed by atoms with van der Waals surface area (Å²) in [6.45, 7) is 6.78. The van der Waals surface area contributed by atoms with Crippen molar-refractivity contribution < 1.29 is 0 Å². The summed E-state index contributed by atoms with van der Waals surface area (Å²) in [5.41, 5.74) is 3.54. The van der Waals surface area contributed by atoms with E-state index in [0.717, 1.165) is 11.0 Å². The highest BCUT2D eigenvalue weighted by atomic mass is 15.3. The Bertz CT molecular complexity index is 457. The SMILES string of the molecule is CCCC(C)(C)c1ccc2nn[nH]c2c1. The van der Waals surface area contributed by atoms with Gasteiger partial charge < -0.3 is 0 Å². The third kappa shape index (κ3) is 1.87. The van der Waals surface area contributed by atoms with Gasteiger partial charge in [0.2, 0.25) is 0 Å². The van der Waals surface area contributed by atoms with Crippen LogP contribution in [0, 0.1) is 0 Å². The van der Waals surface area contributed by atoms with E-state index in [9.17, 15) is 0 Å². The summed E-state index contributed by atoms with van der Waals surface area (Å²) in [4.78, 5) is 0. The van der Waals surface area contributed by atoms with E-state index >= 15 is 0 Å². The minimum absolute atomic E-state index is 0.230. The van der Waals surface area contributed by atoms with Crippen molar-refractivity contribution >= 4 is 11.0 Å². The maximum Gasteiger partial charge on any atom is 0.112 e. The minimum Gasteiger partial charge on any atom is -0.258 e. The molecule has 0 unspecified atom stereocenters. The largest absolute Gasteiger partial charge is 0.258 e. The number of fused-ring (bicyclic) bond motifs is 1. The number of benzene rings is 1. The van der Waals surface area contributed by atoms with Gasteiger partial charge in [0, 0.05) is 0 Å². The lowest BCUT2D eigenvalue weighted by atomic mass is 9.80. The summed E-state index contributed by atoms with van der Waals surface area (Å²) in [6.07, 6.45) is 2.40. The summed E-state index contributed by atoms with van der Waals surface area (Å²) < 4.78 is 0. The van der Waals surface area contributed by atoms with Crippen LogP contribution in [0.4, 0.5) is 0 Å². The molecular weight excluding hydrogens is 186 g/mol. The quantitative estimate of drug-likeness (QED) is 0.833. The summed E-state index contributed by atoms with van der Waals surface area (Å²) >= 11 is 0. The van der Waals surface area contributed by atoms with Crippen LogP contribution in [0.15, 0.2) is 18.2 Å². The van der Waals surface area contributed by atoms with Crippen LogP contribution in [0.2, 0.25) is 0 Å². The molecule has 2 aromatic rings. The van der Waals surface area contributed by atoms with Gasteiger partial charge >= 0.3 is 0 Å². The third-order valence-corrected chi connectivity index (χ3v) is 2.98. The standard InChI is InChI=1S/C12H17N3/c1-4-7-12(2,3)9-5-6-10-11(8-9)14-15-13-10/h5-6,8H,4,7H2,1-3H3,(H,13,14,15). The van der Waals surface area contributed by atoms with Gasteiger partial charge in [-0.25, -0.2) is 0 Å². The summed E-state index contributed by atoms with van der Waals surface area (Å²) in [5, 5.41) is 10.7. The van der Waals surface area contributed by atoms with Crippen LogP contribution < -0.4 is 0 Å². The third-order valence-electron chi connectivity index (χ3n) is 2.98. The monoisotopic (exact) mass is 203 g/mol. The average molecular weight is 203 g/mol. The van der Waals surface area contributed by atoms with Crippen molar-refractivity contribution in [3.8, 4) is 0 Å². The molecule has 1 aromatic heterocycles. The van der Waals surface area contributed by atoms with Crippen LogP contribution in [0.25, 0.3) is 11.0 Å². The molecule has 0 aliphatic rings. The molecule has 1 N–H and O–H groups in total. The summed E-state index contributed by atoms with van der Waals surface area (Å²) in [5.74, 6) is 0. The van der Waals surface area contributed by atoms with Gasteiger partial charge in [0.25, 0.3) is 0 Å². The fourth-order valence-electron chi connectivity index (χ4n) is 2.04. The van der Waals surface area contributed by atoms with Gasteiger partial charge in [0.15, 0.2) is 0 Å². The van der Waals surface area contributed by atoms with Gasteiger partial charge in [-0.15, -0.1) is 5.10 Å². The second-order valence-electron chi connectivity index (χ2n) is 4.68. The fraction of sp³-hybridized carbons (Fsp3) is 0.500. The number of H-pyrrole nitrogens is 1. The molecule has 2 rings (SSSR count). The maximum absolute atomic E-state index is 3.98. The van der Waals surface area contributed by atoms with E-state index < -0.39 is 0 Å². The van der Waals surface area contributed by atoms with E-state index in [2.05, 4.69) is 48.3 Å². The van der Waals surface area contributed by atoms with Crippen LogP contribution in [0.5, 0.6) is 0 Å². The van der Waals surface area contributed by atoms with Crippen molar-refractivity contribution in [2.45, 2.75) is 39.0 Å². The molecule has 0 saturated heterocycles. The Morgan fingerprint density at radius 2 is 2.13 bits per heavy atom. The molecule has 80 valence electrons. The minimum atomic E-state index is 0.230. The van der Waals surface area contributed by atoms with Crippen molar-refractivity contribution in [2.24, 2.45) is 0 Å². The Kier molecular flexibility index (Phi) is 2.47. The Labute approximate surface area is 89.9 Å². The molecule has 0 aliphatic heterocycles. The predicted octanol–water partition coefficient (Wildman–Crippen LogP) is 3.04. The molecule has 0 saturated carbocycles. The molecule has 1 aromatic carbocycles. The van der Waals surface area contributed by atoms with E-state index in [0.29, 0.717) is 0 Å². The van der Waals surface area contributed by atoms with Gasteiger partial charge in [0.05, 0.1) is 5.52 Å². The topological polar surface area (TPSA) is 41.6 Å². The lowest BCUT2D eigenvalue weighted by Crippen LogP contribution is -2.16. The molecule has 3 nitrogen and oxygen atoms in total. The van der Waals surface area contributed by atoms with Crippen LogP contribution in [0.3, 0.4) is 0 Å². The van der Waals surface area contributed by atoms with Crippen molar-refractivity contribution in [3.05, 3.63) is 23.8 Å². The van der Waals surface area contributed by atoms with E-state index in [-0.39, 0.29) is 5.41 Å². The molecule has 0 fully saturated rings. The Balaban J connectivity index is 2.42. The summed E-state index contributed by atoms with van der Waals surface area (Å²) in [6, 6.07) is 6.34. The molecule has 0 amide bonds. The Morgan fingerprint density at radius 1 is 1.33 bits per heavy atom. The number of nitrogens with one attached hydrogen (secondary N) is 1. The van der Waals surface area contributed by atoms with Crippen molar-refractivity contribution in [3.63, 3.8) is 0 Å². The van der Waals surface area contributed by atoms with Gasteiger partial charge in [-0.2, -0.15) is 0 Å². The first-order chi connectivity index (χ1) is 7.13. The zero-order valence-electron chi connectivity index (χ0n) is 9.54. The van der Waals surface area contributed by atoms with E-state index in [1.165, 1.54) is 18.4 Å². The highest BCUT2D eigenvalue weighted by molar-refractivity contribution is 5.74. The number of rotatable bonds is 3. The lowest BCUT2D eigenvalue weighted by molar-refractivity contribution is 0.473. The lowest BCUT2D eigenvalue weighted by Gasteiger charge is -2.24. The van der Waals surface area contributed by atoms with Crippen LogP contribution in [-0.2, 0) is 5.41 Å². The maximum atomic E-state index is 3.98. The molecule has 0 spiro atoms. The molecule has 15 heavy (non-hydrogen) atoms. The Hall–Kier alpha value is -1.38. The second-order valence-corrected chi connectivity index (χ2v) is 4.68. The zero-order chi connectivity index (χ0) is 10.9. The van der Waals surface area contributed by atoms with Gasteiger partial charge in [-0.1, -0.05) is 38.5 Å². The molecule has 3 heteroatoms. The first-order valence-corrected chi connectivity index (χ1v) is 5.45. The van der Waals surface area contributed by atoms with Crippen molar-refractivity contribution in [1.82, 2.24) is 15.4 Å². The molecular formula is C12H17N3. The highest BCUT2D eigenvalue weighted by Gasteiger charge is 2.19. The fourth-order valence-corrected chi connectivity index (χ4v) is 2.04. The number of nitrogens with zero attached hydrogens (tertiary/aromatic N) is 2. The molecule has 1 heterocycles. The second kappa shape index (κ2) is 3.65. The zero-order valence-corrected chi connectivity index (χ0v) is 9.54. The first kappa shape index (κ1) is 10.1. The number of hydrogen-bond acceptors (Lipinski definition) is 2. The molecule has 0 radical (unpaired) electrons. The molecule has 0 bridgehead atoms. The molecule has 0 atom stereocenters. The van der Waals surface area contributed by atoms with E-state index in [4.69, 9.17) is 0 Å². The first-order valence-electron chi connectivity index (χ1n) is 5.45. The highest BCUT2D eigenvalue weighted by Crippen LogP contribution is 2.29. The normalized spacial score (nSPS) is 12.2. The van der Waals surface area contributed by atoms with Crippen LogP contribution in [-0.4, -0.2) is 15.4 Å². The van der Waals surface area contributed by atoms with Crippen molar-refractivity contribution in [2.75, 3.05) is 0 Å². The number of aromatic nitrogens is 3. The Morgan fingerprint density at radius 3 is 2.87 bits per heavy atom.